The Balaban J connectivity index is 1.38. The second-order valence-corrected chi connectivity index (χ2v) is 9.38. The Bertz CT molecular complexity index is 974. The number of carboxylic acids is 1. The van der Waals surface area contributed by atoms with Gasteiger partial charge in [-0.05, 0) is 77.5 Å². The lowest BCUT2D eigenvalue weighted by atomic mass is 9.86. The maximum absolute atomic E-state index is 10.7. The summed E-state index contributed by atoms with van der Waals surface area (Å²) in [6, 6.07) is 24.0. The molecule has 1 aliphatic rings. The first-order valence-electron chi connectivity index (χ1n) is 10.5. The Morgan fingerprint density at radius 2 is 1.79 bits per heavy atom. The molecule has 0 heterocycles. The van der Waals surface area contributed by atoms with Crippen LogP contribution in [0.3, 0.4) is 0 Å². The molecule has 0 bridgehead atoms. The summed E-state index contributed by atoms with van der Waals surface area (Å²) in [5, 5.41) is 11.6. The third-order valence-electron chi connectivity index (χ3n) is 6.30. The minimum Gasteiger partial charge on any atom is -0.481 e. The van der Waals surface area contributed by atoms with Gasteiger partial charge in [0.1, 0.15) is 0 Å². The van der Waals surface area contributed by atoms with Gasteiger partial charge in [0.15, 0.2) is 0 Å². The molecule has 1 N–H and O–H groups in total. The number of benzene rings is 3. The van der Waals surface area contributed by atoms with Crippen LogP contribution in [0, 0.1) is 5.92 Å². The molecule has 0 saturated heterocycles. The number of carbonyl (C=O) groups is 1. The molecule has 0 aliphatic heterocycles. The largest absolute Gasteiger partial charge is 0.481 e. The maximum Gasteiger partial charge on any atom is 0.313 e. The van der Waals surface area contributed by atoms with Crippen molar-refractivity contribution in [3.63, 3.8) is 0 Å². The van der Waals surface area contributed by atoms with Gasteiger partial charge in [0.05, 0.1) is 5.75 Å². The van der Waals surface area contributed by atoms with Crippen LogP contribution in [0.1, 0.15) is 55.6 Å². The van der Waals surface area contributed by atoms with Crippen molar-refractivity contribution in [2.75, 3.05) is 5.75 Å². The standard InChI is InChI=1S/C26H28O2S/c1-18(24-8-4-6-21-5-2-3-7-25(21)24)15-19-9-10-22(16-19)20-11-13-23(14-12-20)29-17-26(27)28/h2-8,11-14,18-19,22H,9-10,15-17H2,1H3,(H,27,28)/t18-,19+,22+/m0/s1. The van der Waals surface area contributed by atoms with E-state index >= 15 is 0 Å². The fourth-order valence-electron chi connectivity index (χ4n) is 4.88. The van der Waals surface area contributed by atoms with Crippen LogP contribution >= 0.6 is 11.8 Å². The lowest BCUT2D eigenvalue weighted by molar-refractivity contribution is -0.133. The smallest absolute Gasteiger partial charge is 0.313 e. The normalized spacial score (nSPS) is 20.0. The maximum atomic E-state index is 10.7. The van der Waals surface area contributed by atoms with E-state index in [-0.39, 0.29) is 5.75 Å². The highest BCUT2D eigenvalue weighted by atomic mass is 32.2. The summed E-state index contributed by atoms with van der Waals surface area (Å²) < 4.78 is 0. The Morgan fingerprint density at radius 3 is 2.59 bits per heavy atom. The van der Waals surface area contributed by atoms with E-state index in [0.29, 0.717) is 11.8 Å². The number of hydrogen-bond donors (Lipinski definition) is 1. The molecular formula is C26H28O2S. The summed E-state index contributed by atoms with van der Waals surface area (Å²) in [5.74, 6) is 1.34. The van der Waals surface area contributed by atoms with Crippen molar-refractivity contribution in [3.05, 3.63) is 77.9 Å². The van der Waals surface area contributed by atoms with Crippen LogP contribution in [-0.2, 0) is 4.79 Å². The van der Waals surface area contributed by atoms with Crippen molar-refractivity contribution in [2.24, 2.45) is 5.92 Å². The molecule has 0 unspecified atom stereocenters. The summed E-state index contributed by atoms with van der Waals surface area (Å²) in [6.07, 6.45) is 5.07. The van der Waals surface area contributed by atoms with Crippen LogP contribution in [0.25, 0.3) is 10.8 Å². The van der Waals surface area contributed by atoms with Gasteiger partial charge in [-0.2, -0.15) is 0 Å². The van der Waals surface area contributed by atoms with E-state index < -0.39 is 5.97 Å². The van der Waals surface area contributed by atoms with Crippen molar-refractivity contribution < 1.29 is 9.90 Å². The van der Waals surface area contributed by atoms with Crippen LogP contribution in [-0.4, -0.2) is 16.8 Å². The molecule has 1 aliphatic carbocycles. The number of aliphatic carboxylic acids is 1. The predicted molar refractivity (Wildman–Crippen MR) is 122 cm³/mol. The summed E-state index contributed by atoms with van der Waals surface area (Å²) >= 11 is 1.39. The topological polar surface area (TPSA) is 37.3 Å². The average molecular weight is 405 g/mol. The second-order valence-electron chi connectivity index (χ2n) is 8.33. The van der Waals surface area contributed by atoms with Crippen molar-refractivity contribution >= 4 is 28.5 Å². The quantitative estimate of drug-likeness (QED) is 0.427. The van der Waals surface area contributed by atoms with Crippen molar-refractivity contribution in [1.82, 2.24) is 0 Å². The first-order valence-corrected chi connectivity index (χ1v) is 11.5. The third kappa shape index (κ3) is 4.84. The first-order chi connectivity index (χ1) is 14.1. The number of thioether (sulfide) groups is 1. The van der Waals surface area contributed by atoms with E-state index in [4.69, 9.17) is 5.11 Å². The lowest BCUT2D eigenvalue weighted by Gasteiger charge is -2.19. The highest BCUT2D eigenvalue weighted by molar-refractivity contribution is 8.00. The number of rotatable bonds is 7. The molecular weight excluding hydrogens is 376 g/mol. The lowest BCUT2D eigenvalue weighted by Crippen LogP contribution is -2.03. The average Bonchev–Trinajstić information content (AvgIpc) is 3.20. The molecule has 0 amide bonds. The summed E-state index contributed by atoms with van der Waals surface area (Å²) in [4.78, 5) is 11.8. The second kappa shape index (κ2) is 9.04. The van der Waals surface area contributed by atoms with Crippen LogP contribution in [0.5, 0.6) is 0 Å². The van der Waals surface area contributed by atoms with E-state index in [2.05, 4.69) is 73.7 Å². The monoisotopic (exact) mass is 404 g/mol. The van der Waals surface area contributed by atoms with Crippen molar-refractivity contribution in [3.8, 4) is 0 Å². The minimum absolute atomic E-state index is 0.122. The number of carboxylic acid groups (broad SMARTS) is 1. The Labute approximate surface area is 177 Å². The molecule has 0 spiro atoms. The molecule has 3 aromatic carbocycles. The fraction of sp³-hybridized carbons (Fsp3) is 0.346. The van der Waals surface area contributed by atoms with E-state index in [1.54, 1.807) is 0 Å². The molecule has 1 fully saturated rings. The van der Waals surface area contributed by atoms with Gasteiger partial charge >= 0.3 is 5.97 Å². The molecule has 3 atom stereocenters. The molecule has 150 valence electrons. The van der Waals surface area contributed by atoms with Crippen molar-refractivity contribution in [1.29, 1.82) is 0 Å². The zero-order chi connectivity index (χ0) is 20.2. The van der Waals surface area contributed by atoms with E-state index in [1.807, 2.05) is 0 Å². The zero-order valence-electron chi connectivity index (χ0n) is 16.9. The Morgan fingerprint density at radius 1 is 1.03 bits per heavy atom. The highest BCUT2D eigenvalue weighted by Gasteiger charge is 2.27. The first kappa shape index (κ1) is 20.0. The SMILES string of the molecule is C[C@@H](C[C@H]1CC[C@@H](c2ccc(SCC(=O)O)cc2)C1)c1cccc2ccccc12. The minimum atomic E-state index is -0.766. The van der Waals surface area contributed by atoms with Gasteiger partial charge in [-0.3, -0.25) is 4.79 Å². The van der Waals surface area contributed by atoms with E-state index in [0.717, 1.165) is 10.8 Å². The van der Waals surface area contributed by atoms with Gasteiger partial charge in [0.25, 0.3) is 0 Å². The van der Waals surface area contributed by atoms with Gasteiger partial charge in [-0.25, -0.2) is 0 Å². The van der Waals surface area contributed by atoms with Crippen LogP contribution < -0.4 is 0 Å². The highest BCUT2D eigenvalue weighted by Crippen LogP contribution is 2.43. The Kier molecular flexibility index (Phi) is 6.25. The molecule has 3 aromatic rings. The molecule has 3 heteroatoms. The fourth-order valence-corrected chi connectivity index (χ4v) is 5.50. The van der Waals surface area contributed by atoms with Gasteiger partial charge in [0.2, 0.25) is 0 Å². The molecule has 4 rings (SSSR count). The number of hydrogen-bond acceptors (Lipinski definition) is 2. The molecule has 0 aromatic heterocycles. The summed E-state index contributed by atoms with van der Waals surface area (Å²) in [7, 11) is 0. The third-order valence-corrected chi connectivity index (χ3v) is 7.29. The summed E-state index contributed by atoms with van der Waals surface area (Å²) in [5.41, 5.74) is 2.89. The van der Waals surface area contributed by atoms with Gasteiger partial charge in [-0.15, -0.1) is 11.8 Å². The van der Waals surface area contributed by atoms with E-state index in [9.17, 15) is 4.79 Å². The molecule has 29 heavy (non-hydrogen) atoms. The van der Waals surface area contributed by atoms with Crippen LogP contribution in [0.15, 0.2) is 71.6 Å². The van der Waals surface area contributed by atoms with Gasteiger partial charge in [0, 0.05) is 4.90 Å². The zero-order valence-corrected chi connectivity index (χ0v) is 17.7. The van der Waals surface area contributed by atoms with Gasteiger partial charge < -0.3 is 5.11 Å². The molecule has 0 radical (unpaired) electrons. The summed E-state index contributed by atoms with van der Waals surface area (Å²) in [6.45, 7) is 2.38. The van der Waals surface area contributed by atoms with Crippen LogP contribution in [0.4, 0.5) is 0 Å². The number of fused-ring (bicyclic) bond motifs is 1. The molecule has 2 nitrogen and oxygen atoms in total. The van der Waals surface area contributed by atoms with Crippen LogP contribution in [0.2, 0.25) is 0 Å². The Hall–Kier alpha value is -2.26. The van der Waals surface area contributed by atoms with E-state index in [1.165, 1.54) is 59.3 Å². The molecule has 1 saturated carbocycles. The van der Waals surface area contributed by atoms with Gasteiger partial charge in [-0.1, -0.05) is 61.5 Å². The van der Waals surface area contributed by atoms with Crippen molar-refractivity contribution in [2.45, 2.75) is 49.3 Å². The predicted octanol–water partition coefficient (Wildman–Crippen LogP) is 7.09.